The highest BCUT2D eigenvalue weighted by Crippen LogP contribution is 2.23. The number of methoxy groups -OCH3 is 1. The Hall–Kier alpha value is -2.67. The molecule has 2 aromatic heterocycles. The molecule has 0 fully saturated rings. The van der Waals surface area contributed by atoms with Crippen molar-refractivity contribution in [2.45, 2.75) is 33.9 Å². The molecule has 0 bridgehead atoms. The number of benzene rings is 1. The maximum Gasteiger partial charge on any atom is 0.330 e. The van der Waals surface area contributed by atoms with Crippen LogP contribution in [-0.4, -0.2) is 32.8 Å². The van der Waals surface area contributed by atoms with Gasteiger partial charge < -0.3 is 9.30 Å². The Bertz CT molecular complexity index is 1030. The van der Waals surface area contributed by atoms with Crippen LogP contribution in [0.2, 0.25) is 0 Å². The van der Waals surface area contributed by atoms with Gasteiger partial charge in [-0.1, -0.05) is 43.7 Å². The summed E-state index contributed by atoms with van der Waals surface area (Å²) in [6.07, 6.45) is 0. The first-order valence-corrected chi connectivity index (χ1v) is 8.71. The van der Waals surface area contributed by atoms with Gasteiger partial charge in [0.05, 0.1) is 6.61 Å². The Kier molecular flexibility index (Phi) is 5.08. The van der Waals surface area contributed by atoms with Gasteiger partial charge in [-0.25, -0.2) is 9.78 Å². The highest BCUT2D eigenvalue weighted by atomic mass is 16.5. The van der Waals surface area contributed by atoms with Crippen molar-refractivity contribution in [2.24, 2.45) is 5.92 Å². The third kappa shape index (κ3) is 3.35. The number of rotatable bonds is 6. The number of H-pyrrole nitrogens is 1. The highest BCUT2D eigenvalue weighted by molar-refractivity contribution is 5.77. The number of fused-ring (bicyclic) bond motifs is 1. The van der Waals surface area contributed by atoms with E-state index in [1.54, 1.807) is 11.7 Å². The summed E-state index contributed by atoms with van der Waals surface area (Å²) in [6.45, 7) is 7.45. The summed E-state index contributed by atoms with van der Waals surface area (Å²) < 4.78 is 8.58. The van der Waals surface area contributed by atoms with Crippen molar-refractivity contribution in [3.05, 3.63) is 50.7 Å². The molecule has 0 saturated carbocycles. The number of ether oxygens (including phenoxy) is 1. The predicted octanol–water partition coefficient (Wildman–Crippen LogP) is 2.16. The molecule has 3 rings (SSSR count). The fraction of sp³-hybridized carbons (Fsp3) is 0.421. The molecule has 0 aliphatic carbocycles. The summed E-state index contributed by atoms with van der Waals surface area (Å²) in [4.78, 5) is 32.0. The van der Waals surface area contributed by atoms with Crippen molar-refractivity contribution < 1.29 is 4.74 Å². The van der Waals surface area contributed by atoms with Crippen molar-refractivity contribution in [3.8, 4) is 11.4 Å². The lowest BCUT2D eigenvalue weighted by Crippen LogP contribution is -2.32. The van der Waals surface area contributed by atoms with Crippen LogP contribution in [0.25, 0.3) is 22.6 Å². The molecule has 0 aliphatic rings. The molecule has 7 nitrogen and oxygen atoms in total. The Morgan fingerprint density at radius 3 is 2.46 bits per heavy atom. The van der Waals surface area contributed by atoms with Crippen LogP contribution < -0.4 is 11.2 Å². The molecule has 7 heteroatoms. The smallest absolute Gasteiger partial charge is 0.330 e. The molecule has 0 spiro atoms. The maximum absolute atomic E-state index is 12.5. The average molecular weight is 356 g/mol. The fourth-order valence-electron chi connectivity index (χ4n) is 3.03. The zero-order valence-electron chi connectivity index (χ0n) is 15.6. The van der Waals surface area contributed by atoms with Crippen LogP contribution in [0.4, 0.5) is 0 Å². The third-order valence-corrected chi connectivity index (χ3v) is 4.26. The lowest BCUT2D eigenvalue weighted by Gasteiger charge is -2.10. The Labute approximate surface area is 151 Å². The van der Waals surface area contributed by atoms with E-state index in [4.69, 9.17) is 9.72 Å². The van der Waals surface area contributed by atoms with E-state index in [2.05, 4.69) is 4.98 Å². The van der Waals surface area contributed by atoms with Crippen LogP contribution in [-0.2, 0) is 17.8 Å². The average Bonchev–Trinajstić information content (AvgIpc) is 2.97. The van der Waals surface area contributed by atoms with Crippen LogP contribution in [0.1, 0.15) is 19.4 Å². The Morgan fingerprint density at radius 1 is 1.15 bits per heavy atom. The van der Waals surface area contributed by atoms with E-state index in [0.29, 0.717) is 36.7 Å². The van der Waals surface area contributed by atoms with Crippen LogP contribution in [0, 0.1) is 12.8 Å². The lowest BCUT2D eigenvalue weighted by atomic mass is 10.1. The number of aromatic amines is 1. The van der Waals surface area contributed by atoms with Crippen LogP contribution >= 0.6 is 0 Å². The molecule has 2 heterocycles. The number of aromatic nitrogens is 4. The largest absolute Gasteiger partial charge is 0.383 e. The van der Waals surface area contributed by atoms with Crippen molar-refractivity contribution >= 4 is 11.2 Å². The van der Waals surface area contributed by atoms with Gasteiger partial charge in [0.1, 0.15) is 5.82 Å². The van der Waals surface area contributed by atoms with E-state index in [1.807, 2.05) is 49.6 Å². The number of hydrogen-bond donors (Lipinski definition) is 1. The Morgan fingerprint density at radius 2 is 1.85 bits per heavy atom. The van der Waals surface area contributed by atoms with Crippen LogP contribution in [0.5, 0.6) is 0 Å². The number of nitrogens with one attached hydrogen (secondary N) is 1. The predicted molar refractivity (Wildman–Crippen MR) is 102 cm³/mol. The zero-order chi connectivity index (χ0) is 18.8. The van der Waals surface area contributed by atoms with E-state index in [9.17, 15) is 9.59 Å². The minimum Gasteiger partial charge on any atom is -0.383 e. The first-order chi connectivity index (χ1) is 12.4. The quantitative estimate of drug-likeness (QED) is 0.734. The SMILES string of the molecule is COCCn1c(-c2ccc(C)cc2)nc2c1c(=O)[nH]c(=O)n2CC(C)C. The molecule has 138 valence electrons. The van der Waals surface area contributed by atoms with Crippen LogP contribution in [0.15, 0.2) is 33.9 Å². The summed E-state index contributed by atoms with van der Waals surface area (Å²) in [5, 5.41) is 0. The van der Waals surface area contributed by atoms with E-state index in [1.165, 1.54) is 0 Å². The molecule has 1 N–H and O–H groups in total. The van der Waals surface area contributed by atoms with Gasteiger partial charge in [0.25, 0.3) is 5.56 Å². The number of nitrogens with zero attached hydrogens (tertiary/aromatic N) is 3. The Balaban J connectivity index is 2.33. The minimum atomic E-state index is -0.428. The van der Waals surface area contributed by atoms with Crippen molar-refractivity contribution in [3.63, 3.8) is 0 Å². The molecule has 0 atom stereocenters. The van der Waals surface area contributed by atoms with Crippen molar-refractivity contribution in [2.75, 3.05) is 13.7 Å². The normalized spacial score (nSPS) is 11.6. The molecular weight excluding hydrogens is 332 g/mol. The highest BCUT2D eigenvalue weighted by Gasteiger charge is 2.19. The summed E-state index contributed by atoms with van der Waals surface area (Å²) >= 11 is 0. The van der Waals surface area contributed by atoms with Crippen LogP contribution in [0.3, 0.4) is 0 Å². The topological polar surface area (TPSA) is 81.9 Å². The zero-order valence-corrected chi connectivity index (χ0v) is 15.6. The maximum atomic E-state index is 12.5. The molecule has 0 amide bonds. The van der Waals surface area contributed by atoms with Gasteiger partial charge >= 0.3 is 5.69 Å². The van der Waals surface area contributed by atoms with Gasteiger partial charge in [0.15, 0.2) is 11.2 Å². The van der Waals surface area contributed by atoms with Crippen molar-refractivity contribution in [1.29, 1.82) is 0 Å². The van der Waals surface area contributed by atoms with E-state index >= 15 is 0 Å². The molecule has 0 radical (unpaired) electrons. The van der Waals surface area contributed by atoms with Gasteiger partial charge in [-0.05, 0) is 12.8 Å². The van der Waals surface area contributed by atoms with Crippen molar-refractivity contribution in [1.82, 2.24) is 19.1 Å². The van der Waals surface area contributed by atoms with Gasteiger partial charge in [-0.2, -0.15) is 0 Å². The monoisotopic (exact) mass is 356 g/mol. The molecule has 0 saturated heterocycles. The molecule has 1 aromatic carbocycles. The summed E-state index contributed by atoms with van der Waals surface area (Å²) in [7, 11) is 1.61. The molecule has 26 heavy (non-hydrogen) atoms. The minimum absolute atomic E-state index is 0.244. The molecule has 3 aromatic rings. The summed E-state index contributed by atoms with van der Waals surface area (Å²) in [5.41, 5.74) is 2.00. The van der Waals surface area contributed by atoms with E-state index < -0.39 is 11.2 Å². The summed E-state index contributed by atoms with van der Waals surface area (Å²) in [5.74, 6) is 0.902. The van der Waals surface area contributed by atoms with Gasteiger partial charge in [0.2, 0.25) is 0 Å². The molecule has 0 unspecified atom stereocenters. The molecule has 0 aliphatic heterocycles. The third-order valence-electron chi connectivity index (χ3n) is 4.26. The van der Waals surface area contributed by atoms with Gasteiger partial charge in [-0.3, -0.25) is 14.3 Å². The van der Waals surface area contributed by atoms with E-state index in [0.717, 1.165) is 11.1 Å². The number of hydrogen-bond acceptors (Lipinski definition) is 4. The first-order valence-electron chi connectivity index (χ1n) is 8.71. The van der Waals surface area contributed by atoms with E-state index in [-0.39, 0.29) is 5.92 Å². The second-order valence-electron chi connectivity index (χ2n) is 6.88. The number of aryl methyl sites for hydroxylation is 1. The summed E-state index contributed by atoms with van der Waals surface area (Å²) in [6, 6.07) is 7.94. The van der Waals surface area contributed by atoms with Gasteiger partial charge in [0, 0.05) is 25.8 Å². The number of imidazole rings is 1. The molecular formula is C19H24N4O3. The van der Waals surface area contributed by atoms with Gasteiger partial charge in [-0.15, -0.1) is 0 Å². The first kappa shape index (κ1) is 18.1. The second-order valence-corrected chi connectivity index (χ2v) is 6.88. The lowest BCUT2D eigenvalue weighted by molar-refractivity contribution is 0.188. The second kappa shape index (κ2) is 7.29. The fourth-order valence-corrected chi connectivity index (χ4v) is 3.03. The standard InChI is InChI=1S/C19H24N4O3/c1-12(2)11-23-17-15(18(24)21-19(23)25)22(9-10-26-4)16(20-17)14-7-5-13(3)6-8-14/h5-8,12H,9-11H2,1-4H3,(H,21,24,25).